The van der Waals surface area contributed by atoms with E-state index in [-0.39, 0.29) is 11.5 Å². The Morgan fingerprint density at radius 2 is 2.00 bits per heavy atom. The third kappa shape index (κ3) is 6.26. The molecule has 0 spiro atoms. The Kier molecular flexibility index (Phi) is 7.95. The van der Waals surface area contributed by atoms with E-state index in [1.165, 1.54) is 6.20 Å². The van der Waals surface area contributed by atoms with Crippen LogP contribution >= 0.6 is 0 Å². The van der Waals surface area contributed by atoms with Crippen molar-refractivity contribution in [1.29, 1.82) is 5.26 Å². The van der Waals surface area contributed by atoms with Crippen LogP contribution in [0.15, 0.2) is 29.3 Å². The minimum atomic E-state index is -0.272. The van der Waals surface area contributed by atoms with Gasteiger partial charge in [-0.25, -0.2) is 10.1 Å². The molecule has 1 fully saturated rings. The minimum Gasteiger partial charge on any atom is -0.489 e. The zero-order chi connectivity index (χ0) is 22.1. The first-order chi connectivity index (χ1) is 15.1. The lowest BCUT2D eigenvalue weighted by atomic mass is 10.2. The number of amides is 1. The standard InChI is InChI=1S/C21H26N6O4/c1-16-18(15-24-25-21(16)29)31-12-11-30-10-2-3-20(28)27-8-6-26(7-9-27)19-5-4-17(13-22)14-23-19/h4-5,14-15H,2-3,6-12H2,1H3,(H,25,29). The topological polar surface area (TPSA) is 124 Å². The number of ether oxygens (including phenoxy) is 2. The van der Waals surface area contributed by atoms with Crippen LogP contribution in [0.3, 0.4) is 0 Å². The fourth-order valence-corrected chi connectivity index (χ4v) is 3.21. The number of aromatic amines is 1. The third-order valence-electron chi connectivity index (χ3n) is 5.06. The lowest BCUT2D eigenvalue weighted by Crippen LogP contribution is -2.49. The van der Waals surface area contributed by atoms with Crippen LogP contribution in [0.1, 0.15) is 24.0 Å². The average molecular weight is 426 g/mol. The Bertz CT molecular complexity index is 961. The van der Waals surface area contributed by atoms with E-state index in [1.54, 1.807) is 19.2 Å². The summed E-state index contributed by atoms with van der Waals surface area (Å²) < 4.78 is 11.0. The van der Waals surface area contributed by atoms with E-state index >= 15 is 0 Å². The lowest BCUT2D eigenvalue weighted by molar-refractivity contribution is -0.131. The molecule has 1 N–H and O–H groups in total. The highest BCUT2D eigenvalue weighted by Crippen LogP contribution is 2.15. The molecule has 0 aromatic carbocycles. The third-order valence-corrected chi connectivity index (χ3v) is 5.06. The number of nitrogens with zero attached hydrogens (tertiary/aromatic N) is 5. The number of H-pyrrole nitrogens is 1. The maximum absolute atomic E-state index is 12.4. The molecule has 0 unspecified atom stereocenters. The number of aromatic nitrogens is 3. The van der Waals surface area contributed by atoms with Crippen molar-refractivity contribution in [2.45, 2.75) is 19.8 Å². The van der Waals surface area contributed by atoms with E-state index in [0.717, 1.165) is 18.9 Å². The molecular weight excluding hydrogens is 400 g/mol. The van der Waals surface area contributed by atoms with Crippen LogP contribution in [0.2, 0.25) is 0 Å². The molecule has 1 amide bonds. The fraction of sp³-hybridized carbons (Fsp3) is 0.476. The van der Waals surface area contributed by atoms with Gasteiger partial charge in [0, 0.05) is 45.4 Å². The SMILES string of the molecule is Cc1c(OCCOCCCC(=O)N2CCN(c3ccc(C#N)cn3)CC2)cn[nH]c1=O. The van der Waals surface area contributed by atoms with Crippen molar-refractivity contribution < 1.29 is 14.3 Å². The summed E-state index contributed by atoms with van der Waals surface area (Å²) in [6.45, 7) is 5.56. The van der Waals surface area contributed by atoms with E-state index in [9.17, 15) is 9.59 Å². The predicted octanol–water partition coefficient (Wildman–Crippen LogP) is 0.869. The summed E-state index contributed by atoms with van der Waals surface area (Å²) in [6.07, 6.45) is 4.11. The average Bonchev–Trinajstić information content (AvgIpc) is 2.81. The maximum Gasteiger partial charge on any atom is 0.270 e. The van der Waals surface area contributed by atoms with Crippen LogP contribution in [0.4, 0.5) is 5.82 Å². The van der Waals surface area contributed by atoms with Crippen molar-refractivity contribution >= 4 is 11.7 Å². The zero-order valence-electron chi connectivity index (χ0n) is 17.5. The first-order valence-corrected chi connectivity index (χ1v) is 10.2. The van der Waals surface area contributed by atoms with E-state index in [0.29, 0.717) is 62.6 Å². The molecule has 2 aromatic heterocycles. The summed E-state index contributed by atoms with van der Waals surface area (Å²) in [6, 6.07) is 5.65. The highest BCUT2D eigenvalue weighted by atomic mass is 16.5. The molecule has 10 heteroatoms. The number of anilines is 1. The zero-order valence-corrected chi connectivity index (χ0v) is 17.5. The number of hydrogen-bond donors (Lipinski definition) is 1. The van der Waals surface area contributed by atoms with Crippen LogP contribution in [0, 0.1) is 18.3 Å². The summed E-state index contributed by atoms with van der Waals surface area (Å²) in [4.78, 5) is 32.1. The first-order valence-electron chi connectivity index (χ1n) is 10.2. The van der Waals surface area contributed by atoms with Crippen LogP contribution in [-0.4, -0.2) is 72.0 Å². The molecule has 2 aromatic rings. The Morgan fingerprint density at radius 3 is 2.71 bits per heavy atom. The fourth-order valence-electron chi connectivity index (χ4n) is 3.21. The Morgan fingerprint density at radius 1 is 1.19 bits per heavy atom. The van der Waals surface area contributed by atoms with Crippen molar-refractivity contribution in [1.82, 2.24) is 20.1 Å². The maximum atomic E-state index is 12.4. The smallest absolute Gasteiger partial charge is 0.270 e. The molecule has 1 aliphatic rings. The van der Waals surface area contributed by atoms with Crippen LogP contribution in [0.5, 0.6) is 5.75 Å². The number of carbonyl (C=O) groups excluding carboxylic acids is 1. The molecule has 3 rings (SSSR count). The Labute approximate surface area is 180 Å². The van der Waals surface area contributed by atoms with Gasteiger partial charge in [-0.05, 0) is 25.5 Å². The summed E-state index contributed by atoms with van der Waals surface area (Å²) in [5.41, 5.74) is 0.746. The van der Waals surface area contributed by atoms with Crippen molar-refractivity contribution in [3.05, 3.63) is 46.0 Å². The summed E-state index contributed by atoms with van der Waals surface area (Å²) in [5.74, 6) is 1.39. The minimum absolute atomic E-state index is 0.123. The number of nitriles is 1. The molecule has 31 heavy (non-hydrogen) atoms. The van der Waals surface area contributed by atoms with Crippen molar-refractivity contribution in [3.63, 3.8) is 0 Å². The summed E-state index contributed by atoms with van der Waals surface area (Å²) in [7, 11) is 0. The monoisotopic (exact) mass is 426 g/mol. The number of piperazine rings is 1. The van der Waals surface area contributed by atoms with Gasteiger partial charge in [-0.2, -0.15) is 10.4 Å². The number of hydrogen-bond acceptors (Lipinski definition) is 8. The highest BCUT2D eigenvalue weighted by molar-refractivity contribution is 5.76. The number of nitrogens with one attached hydrogen (secondary N) is 1. The van der Waals surface area contributed by atoms with Crippen molar-refractivity contribution in [2.75, 3.05) is 50.9 Å². The molecular formula is C21H26N6O4. The van der Waals surface area contributed by atoms with E-state index < -0.39 is 0 Å². The summed E-state index contributed by atoms with van der Waals surface area (Å²) in [5, 5.41) is 14.9. The number of carbonyl (C=O) groups is 1. The van der Waals surface area contributed by atoms with Gasteiger partial charge >= 0.3 is 0 Å². The second kappa shape index (κ2) is 11.1. The normalized spacial score (nSPS) is 13.7. The molecule has 0 aliphatic carbocycles. The van der Waals surface area contributed by atoms with Gasteiger partial charge < -0.3 is 19.3 Å². The molecule has 164 valence electrons. The lowest BCUT2D eigenvalue weighted by Gasteiger charge is -2.35. The van der Waals surface area contributed by atoms with Crippen LogP contribution in [0.25, 0.3) is 0 Å². The largest absolute Gasteiger partial charge is 0.489 e. The quantitative estimate of drug-likeness (QED) is 0.586. The van der Waals surface area contributed by atoms with Gasteiger partial charge in [0.1, 0.15) is 24.2 Å². The molecule has 1 aliphatic heterocycles. The van der Waals surface area contributed by atoms with Crippen molar-refractivity contribution in [2.24, 2.45) is 0 Å². The summed E-state index contributed by atoms with van der Waals surface area (Å²) >= 11 is 0. The Balaban J connectivity index is 1.28. The molecule has 10 nitrogen and oxygen atoms in total. The number of rotatable bonds is 9. The van der Waals surface area contributed by atoms with Gasteiger partial charge in [-0.3, -0.25) is 9.59 Å². The van der Waals surface area contributed by atoms with E-state index in [2.05, 4.69) is 26.2 Å². The van der Waals surface area contributed by atoms with Gasteiger partial charge in [0.15, 0.2) is 0 Å². The Hall–Kier alpha value is -3.45. The van der Waals surface area contributed by atoms with Crippen LogP contribution in [-0.2, 0) is 9.53 Å². The van der Waals surface area contributed by atoms with Gasteiger partial charge in [0.25, 0.3) is 5.56 Å². The molecule has 3 heterocycles. The first kappa shape index (κ1) is 22.2. The second-order valence-electron chi connectivity index (χ2n) is 7.14. The van der Waals surface area contributed by atoms with Crippen molar-refractivity contribution in [3.8, 4) is 11.8 Å². The van der Waals surface area contributed by atoms with Crippen LogP contribution < -0.4 is 15.2 Å². The highest BCUT2D eigenvalue weighted by Gasteiger charge is 2.21. The van der Waals surface area contributed by atoms with Gasteiger partial charge in [0.2, 0.25) is 5.91 Å². The van der Waals surface area contributed by atoms with E-state index in [4.69, 9.17) is 14.7 Å². The van der Waals surface area contributed by atoms with E-state index in [1.807, 2.05) is 11.0 Å². The molecule has 0 atom stereocenters. The second-order valence-corrected chi connectivity index (χ2v) is 7.14. The van der Waals surface area contributed by atoms with Gasteiger partial charge in [-0.1, -0.05) is 0 Å². The predicted molar refractivity (Wildman–Crippen MR) is 113 cm³/mol. The number of pyridine rings is 1. The molecule has 1 saturated heterocycles. The molecule has 0 saturated carbocycles. The van der Waals surface area contributed by atoms with Gasteiger partial charge in [0.05, 0.1) is 23.9 Å². The van der Waals surface area contributed by atoms with Gasteiger partial charge in [-0.15, -0.1) is 0 Å². The molecule has 0 bridgehead atoms. The molecule has 0 radical (unpaired) electrons.